The van der Waals surface area contributed by atoms with Gasteiger partial charge in [-0.2, -0.15) is 0 Å². The zero-order valence-corrected chi connectivity index (χ0v) is 14.5. The van der Waals surface area contributed by atoms with E-state index >= 15 is 0 Å². The molecule has 2 N–H and O–H groups in total. The van der Waals surface area contributed by atoms with Crippen molar-refractivity contribution < 1.29 is 14.0 Å². The van der Waals surface area contributed by atoms with Crippen LogP contribution >= 0.6 is 0 Å². The fraction of sp³-hybridized carbons (Fsp3) is 0.368. The maximum atomic E-state index is 12.0. The largest absolute Gasteiger partial charge is 0.467 e. The van der Waals surface area contributed by atoms with Crippen molar-refractivity contribution in [3.8, 4) is 0 Å². The van der Waals surface area contributed by atoms with E-state index < -0.39 is 11.8 Å². The minimum Gasteiger partial charge on any atom is -0.467 e. The Labute approximate surface area is 147 Å². The van der Waals surface area contributed by atoms with Crippen LogP contribution in [-0.4, -0.2) is 30.9 Å². The zero-order chi connectivity index (χ0) is 17.8. The summed E-state index contributed by atoms with van der Waals surface area (Å²) in [6, 6.07) is 11.7. The number of hydrogen-bond acceptors (Lipinski definition) is 4. The standard InChI is InChI=1S/C19H23N3O3/c1-13(2)21-19(24)18(23)20-12-16(17-8-5-11-25-17)22-10-9-14-6-3-4-7-15(14)22/h3-8,11,13,16H,9-10,12H2,1-2H3,(H,20,23)(H,21,24)/t16-/m0/s1. The summed E-state index contributed by atoms with van der Waals surface area (Å²) in [5.74, 6) is -0.478. The van der Waals surface area contributed by atoms with Gasteiger partial charge >= 0.3 is 11.8 Å². The molecule has 6 heteroatoms. The van der Waals surface area contributed by atoms with Crippen molar-refractivity contribution in [2.24, 2.45) is 0 Å². The molecule has 0 unspecified atom stereocenters. The topological polar surface area (TPSA) is 74.6 Å². The van der Waals surface area contributed by atoms with Crippen LogP contribution in [0.4, 0.5) is 5.69 Å². The van der Waals surface area contributed by atoms with Crippen LogP contribution in [0.3, 0.4) is 0 Å². The summed E-state index contributed by atoms with van der Waals surface area (Å²) in [6.45, 7) is 4.78. The van der Waals surface area contributed by atoms with Gasteiger partial charge in [0.05, 0.1) is 6.26 Å². The molecule has 132 valence electrons. The van der Waals surface area contributed by atoms with Gasteiger partial charge in [-0.1, -0.05) is 18.2 Å². The van der Waals surface area contributed by atoms with E-state index in [1.807, 2.05) is 38.1 Å². The number of para-hydroxylation sites is 1. The molecule has 0 fully saturated rings. The van der Waals surface area contributed by atoms with Crippen molar-refractivity contribution in [3.05, 3.63) is 54.0 Å². The second-order valence-corrected chi connectivity index (χ2v) is 6.44. The molecule has 0 aliphatic carbocycles. The second-order valence-electron chi connectivity index (χ2n) is 6.44. The molecule has 1 aromatic carbocycles. The molecule has 6 nitrogen and oxygen atoms in total. The normalized spacial score (nSPS) is 14.3. The van der Waals surface area contributed by atoms with Gasteiger partial charge in [0.1, 0.15) is 11.8 Å². The summed E-state index contributed by atoms with van der Waals surface area (Å²) < 4.78 is 5.59. The quantitative estimate of drug-likeness (QED) is 0.816. The first-order chi connectivity index (χ1) is 12.1. The molecule has 2 heterocycles. The maximum absolute atomic E-state index is 12.0. The van der Waals surface area contributed by atoms with Crippen LogP contribution in [-0.2, 0) is 16.0 Å². The first-order valence-electron chi connectivity index (χ1n) is 8.53. The smallest absolute Gasteiger partial charge is 0.309 e. The number of carbonyl (C=O) groups is 2. The Balaban J connectivity index is 1.74. The molecule has 1 aromatic heterocycles. The van der Waals surface area contributed by atoms with Crippen molar-refractivity contribution in [2.45, 2.75) is 32.4 Å². The second kappa shape index (κ2) is 7.42. The number of fused-ring (bicyclic) bond motifs is 1. The maximum Gasteiger partial charge on any atom is 0.309 e. The van der Waals surface area contributed by atoms with Crippen molar-refractivity contribution >= 4 is 17.5 Å². The predicted octanol–water partition coefficient (Wildman–Crippen LogP) is 2.02. The number of furan rings is 1. The summed E-state index contributed by atoms with van der Waals surface area (Å²) in [5, 5.41) is 5.33. The number of nitrogens with zero attached hydrogens (tertiary/aromatic N) is 1. The summed E-state index contributed by atoms with van der Waals surface area (Å²) in [6.07, 6.45) is 2.58. The average Bonchev–Trinajstić information content (AvgIpc) is 3.25. The van der Waals surface area contributed by atoms with Gasteiger partial charge in [0, 0.05) is 24.8 Å². The van der Waals surface area contributed by atoms with Crippen molar-refractivity contribution in [3.63, 3.8) is 0 Å². The Morgan fingerprint density at radius 3 is 2.68 bits per heavy atom. The van der Waals surface area contributed by atoms with Crippen molar-refractivity contribution in [2.75, 3.05) is 18.0 Å². The minimum atomic E-state index is -0.627. The molecule has 25 heavy (non-hydrogen) atoms. The van der Waals surface area contributed by atoms with Gasteiger partial charge in [0.15, 0.2) is 0 Å². The fourth-order valence-electron chi connectivity index (χ4n) is 3.13. The van der Waals surface area contributed by atoms with Crippen molar-refractivity contribution in [1.82, 2.24) is 10.6 Å². The van der Waals surface area contributed by atoms with Crippen LogP contribution in [0.2, 0.25) is 0 Å². The summed E-state index contributed by atoms with van der Waals surface area (Å²) >= 11 is 0. The van der Waals surface area contributed by atoms with E-state index in [2.05, 4.69) is 27.7 Å². The van der Waals surface area contributed by atoms with E-state index in [9.17, 15) is 9.59 Å². The summed E-state index contributed by atoms with van der Waals surface area (Å²) in [4.78, 5) is 26.1. The van der Waals surface area contributed by atoms with Crippen molar-refractivity contribution in [1.29, 1.82) is 0 Å². The minimum absolute atomic E-state index is 0.0791. The Bertz CT molecular complexity index is 740. The van der Waals surface area contributed by atoms with E-state index in [1.54, 1.807) is 6.26 Å². The summed E-state index contributed by atoms with van der Waals surface area (Å²) in [5.41, 5.74) is 2.42. The molecule has 0 bridgehead atoms. The Hall–Kier alpha value is -2.76. The van der Waals surface area contributed by atoms with E-state index in [1.165, 1.54) is 5.56 Å². The third kappa shape index (κ3) is 3.84. The molecule has 0 saturated carbocycles. The molecule has 0 spiro atoms. The number of hydrogen-bond donors (Lipinski definition) is 2. The number of rotatable bonds is 5. The highest BCUT2D eigenvalue weighted by Gasteiger charge is 2.29. The first kappa shape index (κ1) is 17.1. The van der Waals surface area contributed by atoms with Gasteiger partial charge in [0.25, 0.3) is 0 Å². The average molecular weight is 341 g/mol. The van der Waals surface area contributed by atoms with Gasteiger partial charge in [-0.3, -0.25) is 9.59 Å². The van der Waals surface area contributed by atoms with Gasteiger partial charge < -0.3 is 20.0 Å². The summed E-state index contributed by atoms with van der Waals surface area (Å²) in [7, 11) is 0. The lowest BCUT2D eigenvalue weighted by Crippen LogP contribution is -2.45. The van der Waals surface area contributed by atoms with Crippen LogP contribution in [0, 0.1) is 0 Å². The molecule has 3 rings (SSSR count). The van der Waals surface area contributed by atoms with Crippen LogP contribution in [0.1, 0.15) is 31.2 Å². The third-order valence-electron chi connectivity index (χ3n) is 4.25. The van der Waals surface area contributed by atoms with E-state index in [0.717, 1.165) is 24.4 Å². The van der Waals surface area contributed by atoms with Crippen LogP contribution in [0.5, 0.6) is 0 Å². The Morgan fingerprint density at radius 2 is 1.96 bits per heavy atom. The lowest BCUT2D eigenvalue weighted by Gasteiger charge is -2.29. The van der Waals surface area contributed by atoms with Crippen LogP contribution in [0.25, 0.3) is 0 Å². The highest BCUT2D eigenvalue weighted by Crippen LogP contribution is 2.34. The van der Waals surface area contributed by atoms with Gasteiger partial charge in [-0.25, -0.2) is 0 Å². The van der Waals surface area contributed by atoms with Gasteiger partial charge in [-0.05, 0) is 44.0 Å². The molecule has 2 amide bonds. The van der Waals surface area contributed by atoms with Crippen LogP contribution < -0.4 is 15.5 Å². The molecule has 2 aromatic rings. The Kier molecular flexibility index (Phi) is 5.07. The van der Waals surface area contributed by atoms with E-state index in [-0.39, 0.29) is 12.1 Å². The Morgan fingerprint density at radius 1 is 1.16 bits per heavy atom. The molecular weight excluding hydrogens is 318 g/mol. The third-order valence-corrected chi connectivity index (χ3v) is 4.25. The van der Waals surface area contributed by atoms with Gasteiger partial charge in [-0.15, -0.1) is 0 Å². The molecule has 0 saturated heterocycles. The monoisotopic (exact) mass is 341 g/mol. The predicted molar refractivity (Wildman–Crippen MR) is 95.2 cm³/mol. The molecular formula is C19H23N3O3. The lowest BCUT2D eigenvalue weighted by atomic mass is 10.1. The molecule has 0 radical (unpaired) electrons. The van der Waals surface area contributed by atoms with E-state index in [0.29, 0.717) is 6.54 Å². The van der Waals surface area contributed by atoms with Gasteiger partial charge in [0.2, 0.25) is 0 Å². The lowest BCUT2D eigenvalue weighted by molar-refractivity contribution is -0.139. The fourth-order valence-corrected chi connectivity index (χ4v) is 3.13. The van der Waals surface area contributed by atoms with Crippen LogP contribution in [0.15, 0.2) is 47.1 Å². The molecule has 1 aliphatic heterocycles. The molecule has 1 atom stereocenters. The number of amides is 2. The van der Waals surface area contributed by atoms with E-state index in [4.69, 9.17) is 4.42 Å². The SMILES string of the molecule is CC(C)NC(=O)C(=O)NC[C@@H](c1ccco1)N1CCc2ccccc21. The highest BCUT2D eigenvalue weighted by molar-refractivity contribution is 6.35. The number of carbonyl (C=O) groups excluding carboxylic acids is 2. The molecule has 1 aliphatic rings. The zero-order valence-electron chi connectivity index (χ0n) is 14.5. The highest BCUT2D eigenvalue weighted by atomic mass is 16.3. The number of benzene rings is 1. The number of nitrogens with one attached hydrogen (secondary N) is 2. The number of anilines is 1. The first-order valence-corrected chi connectivity index (χ1v) is 8.53.